The molecule has 3 aromatic rings. The predicted octanol–water partition coefficient (Wildman–Crippen LogP) is 5.21. The molecule has 0 fully saturated rings. The van der Waals surface area contributed by atoms with Crippen LogP contribution in [0.1, 0.15) is 18.2 Å². The van der Waals surface area contributed by atoms with E-state index in [1.54, 1.807) is 11.8 Å². The lowest BCUT2D eigenvalue weighted by atomic mass is 10.1. The summed E-state index contributed by atoms with van der Waals surface area (Å²) in [5.74, 6) is -0.0253. The van der Waals surface area contributed by atoms with E-state index in [-0.39, 0.29) is 11.2 Å². The molecule has 0 spiro atoms. The summed E-state index contributed by atoms with van der Waals surface area (Å²) in [7, 11) is 0. The van der Waals surface area contributed by atoms with Gasteiger partial charge in [-0.05, 0) is 37.6 Å². The lowest BCUT2D eigenvalue weighted by Crippen LogP contribution is -2.24. The number of anilines is 2. The van der Waals surface area contributed by atoms with E-state index in [4.69, 9.17) is 5.73 Å². The molecule has 1 heterocycles. The van der Waals surface area contributed by atoms with Gasteiger partial charge in [0, 0.05) is 21.0 Å². The Labute approximate surface area is 161 Å². The number of nitrogens with zero attached hydrogens (tertiary/aromatic N) is 1. The van der Waals surface area contributed by atoms with Crippen LogP contribution in [0.4, 0.5) is 10.8 Å². The Morgan fingerprint density at radius 1 is 1.19 bits per heavy atom. The second-order valence-electron chi connectivity index (χ2n) is 5.86. The number of carbonyl (C=O) groups is 1. The van der Waals surface area contributed by atoms with E-state index in [1.807, 2.05) is 68.4 Å². The first kappa shape index (κ1) is 18.5. The lowest BCUT2D eigenvalue weighted by Gasteiger charge is -2.13. The highest BCUT2D eigenvalue weighted by molar-refractivity contribution is 8.00. The zero-order chi connectivity index (χ0) is 18.5. The molecule has 1 unspecified atom stereocenters. The number of nitrogens with one attached hydrogen (secondary N) is 1. The molecule has 6 heteroatoms. The van der Waals surface area contributed by atoms with Crippen LogP contribution >= 0.6 is 23.1 Å². The van der Waals surface area contributed by atoms with E-state index >= 15 is 0 Å². The number of nitrogen functional groups attached to an aromatic ring is 1. The van der Waals surface area contributed by atoms with Crippen molar-refractivity contribution in [3.63, 3.8) is 0 Å². The molecule has 0 saturated carbocycles. The van der Waals surface area contributed by atoms with Crippen LogP contribution in [0.3, 0.4) is 0 Å². The number of hydrogen-bond acceptors (Lipinski definition) is 5. The van der Waals surface area contributed by atoms with E-state index in [9.17, 15) is 4.79 Å². The number of hydrogen-bond donors (Lipinski definition) is 2. The Balaban J connectivity index is 1.71. The van der Waals surface area contributed by atoms with Gasteiger partial charge >= 0.3 is 0 Å². The van der Waals surface area contributed by atoms with Crippen LogP contribution in [-0.4, -0.2) is 16.1 Å². The monoisotopic (exact) mass is 383 g/mol. The molecule has 0 saturated heterocycles. The van der Waals surface area contributed by atoms with Gasteiger partial charge in [-0.25, -0.2) is 4.98 Å². The smallest absolute Gasteiger partial charge is 0.239 e. The van der Waals surface area contributed by atoms with Crippen LogP contribution < -0.4 is 11.1 Å². The molecular weight excluding hydrogens is 362 g/mol. The number of thioether (sulfide) groups is 1. The van der Waals surface area contributed by atoms with Gasteiger partial charge in [0.25, 0.3) is 0 Å². The summed E-state index contributed by atoms with van der Waals surface area (Å²) in [6, 6.07) is 17.6. The fourth-order valence-electron chi connectivity index (χ4n) is 2.53. The Hall–Kier alpha value is -2.31. The molecule has 3 N–H and O–H groups in total. The van der Waals surface area contributed by atoms with Crippen molar-refractivity contribution in [2.45, 2.75) is 30.4 Å². The number of nitrogens with two attached hydrogens (primary N) is 1. The van der Waals surface area contributed by atoms with Crippen molar-refractivity contribution in [3.8, 4) is 11.3 Å². The van der Waals surface area contributed by atoms with Crippen molar-refractivity contribution in [2.24, 2.45) is 0 Å². The number of benzene rings is 2. The summed E-state index contributed by atoms with van der Waals surface area (Å²) in [5.41, 5.74) is 8.42. The Bertz CT molecular complexity index is 876. The van der Waals surface area contributed by atoms with Crippen LogP contribution in [0.5, 0.6) is 0 Å². The van der Waals surface area contributed by atoms with Crippen molar-refractivity contribution in [1.29, 1.82) is 0 Å². The van der Waals surface area contributed by atoms with Gasteiger partial charge in [-0.15, -0.1) is 23.1 Å². The van der Waals surface area contributed by atoms with Crippen LogP contribution in [0.15, 0.2) is 59.5 Å². The number of aromatic nitrogens is 1. The molecule has 0 aliphatic rings. The fraction of sp³-hybridized carbons (Fsp3) is 0.200. The molecule has 26 heavy (non-hydrogen) atoms. The van der Waals surface area contributed by atoms with E-state index in [1.165, 1.54) is 11.3 Å². The maximum atomic E-state index is 12.7. The molecule has 1 aromatic heterocycles. The van der Waals surface area contributed by atoms with Gasteiger partial charge in [-0.1, -0.05) is 37.3 Å². The van der Waals surface area contributed by atoms with E-state index in [2.05, 4.69) is 10.3 Å². The van der Waals surface area contributed by atoms with Gasteiger partial charge in [0.05, 0.1) is 10.9 Å². The highest BCUT2D eigenvalue weighted by Gasteiger charge is 2.20. The zero-order valence-corrected chi connectivity index (χ0v) is 16.4. The van der Waals surface area contributed by atoms with Crippen molar-refractivity contribution in [1.82, 2.24) is 4.98 Å². The molecular formula is C20H21N3OS2. The van der Waals surface area contributed by atoms with Crippen LogP contribution in [0, 0.1) is 6.92 Å². The third kappa shape index (κ3) is 4.45. The summed E-state index contributed by atoms with van der Waals surface area (Å²) >= 11 is 3.05. The summed E-state index contributed by atoms with van der Waals surface area (Å²) in [4.78, 5) is 19.4. The minimum Gasteiger partial charge on any atom is -0.399 e. The van der Waals surface area contributed by atoms with Gasteiger partial charge in [-0.3, -0.25) is 4.79 Å². The molecule has 4 nitrogen and oxygen atoms in total. The maximum Gasteiger partial charge on any atom is 0.239 e. The molecule has 0 aliphatic heterocycles. The molecule has 1 amide bonds. The number of thiazole rings is 1. The van der Waals surface area contributed by atoms with Crippen molar-refractivity contribution in [3.05, 3.63) is 59.5 Å². The SMILES string of the molecule is CCC(Sc1ccc(N)cc1)C(=O)Nc1nc(-c2ccccc2)c(C)s1. The summed E-state index contributed by atoms with van der Waals surface area (Å²) in [6.07, 6.45) is 0.733. The highest BCUT2D eigenvalue weighted by Crippen LogP contribution is 2.32. The number of aryl methyl sites for hydroxylation is 1. The average Bonchev–Trinajstić information content (AvgIpc) is 3.02. The number of rotatable bonds is 6. The normalized spacial score (nSPS) is 11.9. The van der Waals surface area contributed by atoms with Crippen molar-refractivity contribution < 1.29 is 4.79 Å². The van der Waals surface area contributed by atoms with Crippen LogP contribution in [0.25, 0.3) is 11.3 Å². The lowest BCUT2D eigenvalue weighted by molar-refractivity contribution is -0.115. The largest absolute Gasteiger partial charge is 0.399 e. The molecule has 0 radical (unpaired) electrons. The van der Waals surface area contributed by atoms with Crippen LogP contribution in [-0.2, 0) is 4.79 Å². The predicted molar refractivity (Wildman–Crippen MR) is 112 cm³/mol. The molecule has 3 rings (SSSR count). The van der Waals surface area contributed by atoms with Gasteiger partial charge in [-0.2, -0.15) is 0 Å². The molecule has 0 aliphatic carbocycles. The van der Waals surface area contributed by atoms with Crippen molar-refractivity contribution in [2.75, 3.05) is 11.1 Å². The first-order valence-corrected chi connectivity index (χ1v) is 10.1. The summed E-state index contributed by atoms with van der Waals surface area (Å²) in [5, 5.41) is 3.44. The van der Waals surface area contributed by atoms with Gasteiger partial charge in [0.15, 0.2) is 5.13 Å². The van der Waals surface area contributed by atoms with Crippen molar-refractivity contribution >= 4 is 39.8 Å². The van der Waals surface area contributed by atoms with Gasteiger partial charge < -0.3 is 11.1 Å². The molecule has 134 valence electrons. The number of carbonyl (C=O) groups excluding carboxylic acids is 1. The Kier molecular flexibility index (Phi) is 5.96. The van der Waals surface area contributed by atoms with E-state index < -0.39 is 0 Å². The standard InChI is InChI=1S/C20H21N3OS2/c1-3-17(26-16-11-9-15(21)10-12-16)19(24)23-20-22-18(13(2)25-20)14-7-5-4-6-8-14/h4-12,17H,3,21H2,1-2H3,(H,22,23,24). The summed E-state index contributed by atoms with van der Waals surface area (Å²) < 4.78 is 0. The summed E-state index contributed by atoms with van der Waals surface area (Å²) in [6.45, 7) is 4.03. The quantitative estimate of drug-likeness (QED) is 0.453. The second-order valence-corrected chi connectivity index (χ2v) is 8.34. The average molecular weight is 384 g/mol. The Morgan fingerprint density at radius 2 is 1.88 bits per heavy atom. The fourth-order valence-corrected chi connectivity index (χ4v) is 4.33. The zero-order valence-electron chi connectivity index (χ0n) is 14.7. The highest BCUT2D eigenvalue weighted by atomic mass is 32.2. The van der Waals surface area contributed by atoms with E-state index in [0.717, 1.165) is 33.1 Å². The number of amides is 1. The maximum absolute atomic E-state index is 12.7. The van der Waals surface area contributed by atoms with Crippen LogP contribution in [0.2, 0.25) is 0 Å². The molecule has 1 atom stereocenters. The first-order chi connectivity index (χ1) is 12.6. The second kappa shape index (κ2) is 8.38. The first-order valence-electron chi connectivity index (χ1n) is 8.42. The molecule has 0 bridgehead atoms. The minimum atomic E-state index is -0.178. The van der Waals surface area contributed by atoms with E-state index in [0.29, 0.717) is 5.13 Å². The minimum absolute atomic E-state index is 0.0253. The third-order valence-electron chi connectivity index (χ3n) is 3.90. The molecule has 2 aromatic carbocycles. The third-order valence-corrected chi connectivity index (χ3v) is 6.16. The topological polar surface area (TPSA) is 68.0 Å². The van der Waals surface area contributed by atoms with Gasteiger partial charge in [0.1, 0.15) is 0 Å². The van der Waals surface area contributed by atoms with Gasteiger partial charge in [0.2, 0.25) is 5.91 Å². The Morgan fingerprint density at radius 3 is 2.54 bits per heavy atom.